The van der Waals surface area contributed by atoms with Crippen molar-refractivity contribution in [3.8, 4) is 0 Å². The molecule has 2 amide bonds. The van der Waals surface area contributed by atoms with Crippen LogP contribution in [-0.2, 0) is 33.8 Å². The van der Waals surface area contributed by atoms with Gasteiger partial charge in [-0.1, -0.05) is 17.7 Å². The fourth-order valence-corrected chi connectivity index (χ4v) is 3.58. The molecular weight excluding hydrogens is 375 g/mol. The Labute approximate surface area is 160 Å². The van der Waals surface area contributed by atoms with Crippen molar-refractivity contribution in [3.63, 3.8) is 0 Å². The van der Waals surface area contributed by atoms with Crippen molar-refractivity contribution < 1.29 is 18.7 Å². The molecule has 1 aromatic heterocycles. The number of rotatable bonds is 3. The molecule has 0 spiro atoms. The molecule has 0 bridgehead atoms. The molecule has 2 aromatic rings. The molecule has 0 atom stereocenters. The van der Waals surface area contributed by atoms with Crippen LogP contribution in [0.1, 0.15) is 11.3 Å². The van der Waals surface area contributed by atoms with Crippen LogP contribution in [0.5, 0.6) is 0 Å². The zero-order valence-corrected chi connectivity index (χ0v) is 15.3. The van der Waals surface area contributed by atoms with Gasteiger partial charge in [0.1, 0.15) is 12.4 Å². The first-order chi connectivity index (χ1) is 13.0. The second kappa shape index (κ2) is 7.28. The Kier molecular flexibility index (Phi) is 4.84. The van der Waals surface area contributed by atoms with E-state index in [1.165, 1.54) is 12.1 Å². The largest absolute Gasteiger partial charge is 0.370 e. The van der Waals surface area contributed by atoms with Crippen LogP contribution >= 0.6 is 11.6 Å². The molecule has 142 valence electrons. The summed E-state index contributed by atoms with van der Waals surface area (Å²) in [5, 5.41) is 4.36. The first-order valence-corrected chi connectivity index (χ1v) is 9.05. The summed E-state index contributed by atoms with van der Waals surface area (Å²) in [5.74, 6) is -0.694. The number of ether oxygens (including phenoxy) is 1. The minimum absolute atomic E-state index is 0.00476. The van der Waals surface area contributed by atoms with Crippen LogP contribution in [0.25, 0.3) is 0 Å². The minimum Gasteiger partial charge on any atom is -0.370 e. The highest BCUT2D eigenvalue weighted by Crippen LogP contribution is 2.26. The van der Waals surface area contributed by atoms with Gasteiger partial charge in [-0.05, 0) is 17.7 Å². The number of anilines is 1. The number of morpholine rings is 1. The van der Waals surface area contributed by atoms with Crippen LogP contribution in [-0.4, -0.2) is 52.8 Å². The van der Waals surface area contributed by atoms with Crippen molar-refractivity contribution in [2.45, 2.75) is 19.5 Å². The summed E-state index contributed by atoms with van der Waals surface area (Å²) in [6.45, 7) is 2.46. The number of aromatic nitrogens is 2. The summed E-state index contributed by atoms with van der Waals surface area (Å²) in [5.41, 5.74) is 2.22. The third-order valence-electron chi connectivity index (χ3n) is 4.82. The summed E-state index contributed by atoms with van der Waals surface area (Å²) in [6, 6.07) is 4.30. The van der Waals surface area contributed by atoms with Gasteiger partial charge in [0.25, 0.3) is 5.91 Å². The predicted octanol–water partition coefficient (Wildman–Crippen LogP) is 1.62. The van der Waals surface area contributed by atoms with Gasteiger partial charge in [0.15, 0.2) is 0 Å². The van der Waals surface area contributed by atoms with Gasteiger partial charge in [0.05, 0.1) is 48.7 Å². The van der Waals surface area contributed by atoms with E-state index in [9.17, 15) is 14.0 Å². The summed E-state index contributed by atoms with van der Waals surface area (Å²) in [4.78, 5) is 28.2. The number of amides is 2. The van der Waals surface area contributed by atoms with E-state index >= 15 is 0 Å². The number of benzene rings is 1. The lowest BCUT2D eigenvalue weighted by Crippen LogP contribution is -2.44. The van der Waals surface area contributed by atoms with Gasteiger partial charge < -0.3 is 14.5 Å². The molecule has 1 aromatic carbocycles. The average molecular weight is 393 g/mol. The molecule has 0 N–H and O–H groups in total. The molecule has 9 heteroatoms. The van der Waals surface area contributed by atoms with Crippen LogP contribution in [0.2, 0.25) is 5.02 Å². The lowest BCUT2D eigenvalue weighted by atomic mass is 10.1. The van der Waals surface area contributed by atoms with E-state index in [0.717, 1.165) is 11.4 Å². The summed E-state index contributed by atoms with van der Waals surface area (Å²) < 4.78 is 20.3. The zero-order chi connectivity index (χ0) is 19.0. The van der Waals surface area contributed by atoms with E-state index < -0.39 is 5.82 Å². The van der Waals surface area contributed by atoms with Gasteiger partial charge in [-0.2, -0.15) is 5.10 Å². The molecule has 2 aliphatic heterocycles. The van der Waals surface area contributed by atoms with Crippen LogP contribution in [0.4, 0.5) is 10.1 Å². The third kappa shape index (κ3) is 3.54. The van der Waals surface area contributed by atoms with E-state index in [2.05, 4.69) is 5.10 Å². The van der Waals surface area contributed by atoms with Gasteiger partial charge in [0, 0.05) is 13.1 Å². The average Bonchev–Trinajstić information content (AvgIpc) is 3.08. The van der Waals surface area contributed by atoms with E-state index in [-0.39, 0.29) is 29.9 Å². The quantitative estimate of drug-likeness (QED) is 0.796. The van der Waals surface area contributed by atoms with E-state index in [1.54, 1.807) is 22.1 Å². The number of hydrogen-bond donors (Lipinski definition) is 0. The Morgan fingerprint density at radius 2 is 2.15 bits per heavy atom. The Hall–Kier alpha value is -2.45. The monoisotopic (exact) mass is 392 g/mol. The van der Waals surface area contributed by atoms with Crippen molar-refractivity contribution in [1.29, 1.82) is 0 Å². The highest BCUT2D eigenvalue weighted by atomic mass is 35.5. The Balaban J connectivity index is 1.50. The number of carbonyl (C=O) groups is 2. The number of halogens is 2. The second-order valence-electron chi connectivity index (χ2n) is 6.54. The molecule has 0 saturated carbocycles. The van der Waals surface area contributed by atoms with Crippen LogP contribution < -0.4 is 4.90 Å². The Bertz CT molecular complexity index is 901. The highest BCUT2D eigenvalue weighted by Gasteiger charge is 2.29. The normalized spacial score (nSPS) is 17.2. The maximum absolute atomic E-state index is 13.3. The lowest BCUT2D eigenvalue weighted by molar-refractivity contribution is -0.132. The molecule has 0 radical (unpaired) electrons. The second-order valence-corrected chi connectivity index (χ2v) is 6.95. The van der Waals surface area contributed by atoms with Crippen LogP contribution in [0.3, 0.4) is 0 Å². The maximum Gasteiger partial charge on any atom is 0.253 e. The molecule has 0 aliphatic carbocycles. The molecule has 0 unspecified atom stereocenters. The number of nitrogens with zero attached hydrogens (tertiary/aromatic N) is 4. The number of hydrogen-bond acceptors (Lipinski definition) is 4. The number of fused-ring (bicyclic) bond motifs is 1. The first-order valence-electron chi connectivity index (χ1n) is 8.67. The first kappa shape index (κ1) is 17.9. The minimum atomic E-state index is -0.505. The molecule has 1 fully saturated rings. The number of carbonyl (C=O) groups excluding carboxylic acids is 2. The Morgan fingerprint density at radius 1 is 1.30 bits per heavy atom. The standard InChI is InChI=1S/C18H18ClFN4O3/c19-13-7-12(1-2-14(13)20)8-17(25)22-3-4-24-16(10-22)15(9-21-24)23-5-6-27-11-18(23)26/h1-2,7,9H,3-6,8,10-11H2. The third-order valence-corrected chi connectivity index (χ3v) is 5.11. The molecule has 3 heterocycles. The molecule has 2 aliphatic rings. The van der Waals surface area contributed by atoms with Crippen LogP contribution in [0.15, 0.2) is 24.4 Å². The van der Waals surface area contributed by atoms with Crippen molar-refractivity contribution in [1.82, 2.24) is 14.7 Å². The summed E-state index contributed by atoms with van der Waals surface area (Å²) >= 11 is 5.80. The van der Waals surface area contributed by atoms with Crippen molar-refractivity contribution in [2.75, 3.05) is 31.2 Å². The van der Waals surface area contributed by atoms with Crippen molar-refractivity contribution >= 4 is 29.1 Å². The van der Waals surface area contributed by atoms with Gasteiger partial charge in [-0.3, -0.25) is 14.3 Å². The SMILES string of the molecule is O=C(Cc1ccc(F)c(Cl)c1)N1CCn2ncc(N3CCOCC3=O)c2C1. The molecule has 7 nitrogen and oxygen atoms in total. The van der Waals surface area contributed by atoms with E-state index in [1.807, 2.05) is 4.68 Å². The maximum atomic E-state index is 13.3. The van der Waals surface area contributed by atoms with Gasteiger partial charge in [0.2, 0.25) is 5.91 Å². The smallest absolute Gasteiger partial charge is 0.253 e. The molecule has 27 heavy (non-hydrogen) atoms. The lowest BCUT2D eigenvalue weighted by Gasteiger charge is -2.31. The van der Waals surface area contributed by atoms with Gasteiger partial charge in [-0.25, -0.2) is 4.39 Å². The van der Waals surface area contributed by atoms with E-state index in [0.29, 0.717) is 38.3 Å². The molecule has 1 saturated heterocycles. The molecular formula is C18H18ClFN4O3. The van der Waals surface area contributed by atoms with E-state index in [4.69, 9.17) is 16.3 Å². The summed E-state index contributed by atoms with van der Waals surface area (Å²) in [6.07, 6.45) is 1.81. The fourth-order valence-electron chi connectivity index (χ4n) is 3.38. The van der Waals surface area contributed by atoms with Crippen LogP contribution in [0, 0.1) is 5.82 Å². The topological polar surface area (TPSA) is 67.7 Å². The highest BCUT2D eigenvalue weighted by molar-refractivity contribution is 6.30. The zero-order valence-electron chi connectivity index (χ0n) is 14.5. The Morgan fingerprint density at radius 3 is 2.93 bits per heavy atom. The predicted molar refractivity (Wildman–Crippen MR) is 95.9 cm³/mol. The molecule has 4 rings (SSSR count). The van der Waals surface area contributed by atoms with Gasteiger partial charge >= 0.3 is 0 Å². The summed E-state index contributed by atoms with van der Waals surface area (Å²) in [7, 11) is 0. The fraction of sp³-hybridized carbons (Fsp3) is 0.389. The van der Waals surface area contributed by atoms with Gasteiger partial charge in [-0.15, -0.1) is 0 Å². The van der Waals surface area contributed by atoms with Crippen molar-refractivity contribution in [3.05, 3.63) is 46.5 Å². The van der Waals surface area contributed by atoms with Crippen molar-refractivity contribution in [2.24, 2.45) is 0 Å².